The van der Waals surface area contributed by atoms with Crippen molar-refractivity contribution in [3.63, 3.8) is 0 Å². The Morgan fingerprint density at radius 1 is 1.26 bits per heavy atom. The van der Waals surface area contributed by atoms with Crippen LogP contribution in [0.4, 0.5) is 0 Å². The smallest absolute Gasteiger partial charge is 0.223 e. The summed E-state index contributed by atoms with van der Waals surface area (Å²) < 4.78 is 24.4. The van der Waals surface area contributed by atoms with E-state index in [1.807, 2.05) is 13.0 Å². The van der Waals surface area contributed by atoms with Gasteiger partial charge in [-0.05, 0) is 37.5 Å². The van der Waals surface area contributed by atoms with Crippen LogP contribution in [0.1, 0.15) is 31.4 Å². The summed E-state index contributed by atoms with van der Waals surface area (Å²) in [7, 11) is -3.18. The maximum atomic E-state index is 12.4. The maximum Gasteiger partial charge on any atom is 0.223 e. The molecule has 0 aromatic heterocycles. The van der Waals surface area contributed by atoms with E-state index in [-0.39, 0.29) is 17.9 Å². The number of rotatable bonds is 4. The summed E-state index contributed by atoms with van der Waals surface area (Å²) in [6.07, 6.45) is 2.26. The number of halogens is 2. The highest BCUT2D eigenvalue weighted by atomic mass is 35.5. The number of piperidine rings is 1. The number of hydrogen-bond donors (Lipinski definition) is 1. The number of hydrogen-bond acceptors (Lipinski definition) is 3. The first-order valence-corrected chi connectivity index (χ1v) is 9.99. The van der Waals surface area contributed by atoms with Crippen LogP contribution in [0.15, 0.2) is 18.2 Å². The summed E-state index contributed by atoms with van der Waals surface area (Å²) in [6.45, 7) is 2.65. The molecule has 1 heterocycles. The molecule has 0 saturated carbocycles. The molecule has 2 rings (SSSR count). The van der Waals surface area contributed by atoms with Gasteiger partial charge in [-0.15, -0.1) is 0 Å². The fourth-order valence-corrected chi connectivity index (χ4v) is 3.83. The number of amides is 1. The van der Waals surface area contributed by atoms with Crippen LogP contribution >= 0.6 is 23.2 Å². The number of carbonyl (C=O) groups excluding carboxylic acids is 1. The first-order valence-electron chi connectivity index (χ1n) is 7.39. The Hall–Kier alpha value is -0.820. The number of nitrogens with one attached hydrogen (secondary N) is 1. The minimum absolute atomic E-state index is 0.0586. The topological polar surface area (TPSA) is 66.5 Å². The molecule has 8 heteroatoms. The predicted molar refractivity (Wildman–Crippen MR) is 92.2 cm³/mol. The van der Waals surface area contributed by atoms with Gasteiger partial charge in [-0.3, -0.25) is 4.79 Å². The first-order chi connectivity index (χ1) is 10.7. The second-order valence-corrected chi connectivity index (χ2v) is 8.64. The van der Waals surface area contributed by atoms with Crippen molar-refractivity contribution in [2.45, 2.75) is 25.8 Å². The van der Waals surface area contributed by atoms with Crippen molar-refractivity contribution in [3.05, 3.63) is 33.8 Å². The van der Waals surface area contributed by atoms with Crippen LogP contribution in [0.5, 0.6) is 0 Å². The molecule has 1 amide bonds. The minimum atomic E-state index is -3.18. The third-order valence-corrected chi connectivity index (χ3v) is 6.14. The van der Waals surface area contributed by atoms with Crippen molar-refractivity contribution in [2.75, 3.05) is 19.3 Å². The number of nitrogens with zero attached hydrogens (tertiary/aromatic N) is 1. The van der Waals surface area contributed by atoms with Crippen LogP contribution in [0.3, 0.4) is 0 Å². The van der Waals surface area contributed by atoms with E-state index < -0.39 is 10.0 Å². The standard InChI is InChI=1S/C15H20Cl2N2O3S/c1-10(12-3-4-13(16)14(17)9-12)18-15(20)11-5-7-19(8-6-11)23(2,21)22/h3-4,9-11H,5-8H2,1-2H3,(H,18,20). The Morgan fingerprint density at radius 3 is 2.39 bits per heavy atom. The fraction of sp³-hybridized carbons (Fsp3) is 0.533. The fourth-order valence-electron chi connectivity index (χ4n) is 2.65. The van der Waals surface area contributed by atoms with E-state index in [0.717, 1.165) is 5.56 Å². The van der Waals surface area contributed by atoms with Gasteiger partial charge in [-0.2, -0.15) is 0 Å². The van der Waals surface area contributed by atoms with Gasteiger partial charge in [0, 0.05) is 19.0 Å². The van der Waals surface area contributed by atoms with Crippen molar-refractivity contribution in [2.24, 2.45) is 5.92 Å². The van der Waals surface area contributed by atoms with Gasteiger partial charge in [0.1, 0.15) is 0 Å². The first kappa shape index (κ1) is 18.5. The van der Waals surface area contributed by atoms with Crippen LogP contribution in [-0.4, -0.2) is 38.0 Å². The molecule has 0 radical (unpaired) electrons. The Bertz CT molecular complexity index is 686. The summed E-state index contributed by atoms with van der Waals surface area (Å²) >= 11 is 11.9. The predicted octanol–water partition coefficient (Wildman–Crippen LogP) is 2.84. The molecule has 0 spiro atoms. The number of sulfonamides is 1. The molecule has 23 heavy (non-hydrogen) atoms. The summed E-state index contributed by atoms with van der Waals surface area (Å²) in [4.78, 5) is 12.4. The van der Waals surface area contributed by atoms with Crippen molar-refractivity contribution < 1.29 is 13.2 Å². The highest BCUT2D eigenvalue weighted by Crippen LogP contribution is 2.26. The molecule has 0 aliphatic carbocycles. The van der Waals surface area contributed by atoms with Crippen LogP contribution < -0.4 is 5.32 Å². The van der Waals surface area contributed by atoms with Crippen LogP contribution in [-0.2, 0) is 14.8 Å². The van der Waals surface area contributed by atoms with E-state index >= 15 is 0 Å². The van der Waals surface area contributed by atoms with E-state index in [4.69, 9.17) is 23.2 Å². The van der Waals surface area contributed by atoms with Gasteiger partial charge in [-0.1, -0.05) is 29.3 Å². The molecular weight excluding hydrogens is 359 g/mol. The lowest BCUT2D eigenvalue weighted by atomic mass is 9.96. The van der Waals surface area contributed by atoms with Gasteiger partial charge >= 0.3 is 0 Å². The maximum absolute atomic E-state index is 12.4. The molecule has 1 N–H and O–H groups in total. The normalized spacial score (nSPS) is 18.6. The number of benzene rings is 1. The van der Waals surface area contributed by atoms with Crippen LogP contribution in [0.2, 0.25) is 10.0 Å². The second-order valence-electron chi connectivity index (χ2n) is 5.84. The second kappa shape index (κ2) is 7.38. The summed E-state index contributed by atoms with van der Waals surface area (Å²) in [6, 6.07) is 5.07. The SMILES string of the molecule is CC(NC(=O)C1CCN(S(C)(=O)=O)CC1)c1ccc(Cl)c(Cl)c1. The third kappa shape index (κ3) is 4.83. The Balaban J connectivity index is 1.93. The largest absolute Gasteiger partial charge is 0.349 e. The molecule has 1 aromatic rings. The van der Waals surface area contributed by atoms with Gasteiger partial charge in [0.15, 0.2) is 0 Å². The van der Waals surface area contributed by atoms with Gasteiger partial charge in [0.05, 0.1) is 22.3 Å². The van der Waals surface area contributed by atoms with E-state index in [0.29, 0.717) is 36.0 Å². The lowest BCUT2D eigenvalue weighted by molar-refractivity contribution is -0.126. The van der Waals surface area contributed by atoms with E-state index in [9.17, 15) is 13.2 Å². The molecule has 5 nitrogen and oxygen atoms in total. The molecule has 1 aliphatic heterocycles. The zero-order valence-corrected chi connectivity index (χ0v) is 15.4. The van der Waals surface area contributed by atoms with Crippen molar-refractivity contribution in [3.8, 4) is 0 Å². The van der Waals surface area contributed by atoms with Gasteiger partial charge in [0.2, 0.25) is 15.9 Å². The van der Waals surface area contributed by atoms with Crippen molar-refractivity contribution >= 4 is 39.1 Å². The monoisotopic (exact) mass is 378 g/mol. The van der Waals surface area contributed by atoms with Gasteiger partial charge < -0.3 is 5.32 Å². The Kier molecular flexibility index (Phi) is 5.94. The van der Waals surface area contributed by atoms with Gasteiger partial charge in [-0.25, -0.2) is 12.7 Å². The average molecular weight is 379 g/mol. The summed E-state index contributed by atoms with van der Waals surface area (Å²) in [5.41, 5.74) is 0.876. The van der Waals surface area contributed by atoms with E-state index in [1.165, 1.54) is 10.6 Å². The Labute approximate surface area is 147 Å². The molecule has 0 bridgehead atoms. The molecule has 1 aliphatic rings. The molecule has 1 fully saturated rings. The third-order valence-electron chi connectivity index (χ3n) is 4.10. The van der Waals surface area contributed by atoms with Crippen LogP contribution in [0.25, 0.3) is 0 Å². The number of carbonyl (C=O) groups is 1. The lowest BCUT2D eigenvalue weighted by Gasteiger charge is -2.30. The minimum Gasteiger partial charge on any atom is -0.349 e. The zero-order valence-electron chi connectivity index (χ0n) is 13.1. The summed E-state index contributed by atoms with van der Waals surface area (Å²) in [5, 5.41) is 3.88. The van der Waals surface area contributed by atoms with Crippen LogP contribution in [0, 0.1) is 5.92 Å². The summed E-state index contributed by atoms with van der Waals surface area (Å²) in [5.74, 6) is -0.227. The van der Waals surface area contributed by atoms with E-state index in [2.05, 4.69) is 5.32 Å². The molecule has 1 aromatic carbocycles. The van der Waals surface area contributed by atoms with E-state index in [1.54, 1.807) is 12.1 Å². The molecular formula is C15H20Cl2N2O3S. The lowest BCUT2D eigenvalue weighted by Crippen LogP contribution is -2.43. The molecule has 1 saturated heterocycles. The molecule has 128 valence electrons. The highest BCUT2D eigenvalue weighted by Gasteiger charge is 2.29. The quantitative estimate of drug-likeness (QED) is 0.875. The molecule has 1 unspecified atom stereocenters. The zero-order chi connectivity index (χ0) is 17.2. The van der Waals surface area contributed by atoms with Crippen molar-refractivity contribution in [1.29, 1.82) is 0 Å². The molecule has 1 atom stereocenters. The average Bonchev–Trinajstić information content (AvgIpc) is 2.49. The van der Waals surface area contributed by atoms with Crippen molar-refractivity contribution in [1.82, 2.24) is 9.62 Å². The Morgan fingerprint density at radius 2 is 1.87 bits per heavy atom. The highest BCUT2D eigenvalue weighted by molar-refractivity contribution is 7.88. The van der Waals surface area contributed by atoms with Gasteiger partial charge in [0.25, 0.3) is 0 Å².